The third-order valence-electron chi connectivity index (χ3n) is 3.75. The van der Waals surface area contributed by atoms with Crippen LogP contribution >= 0.6 is 0 Å². The lowest BCUT2D eigenvalue weighted by Crippen LogP contribution is -2.47. The maximum Gasteiger partial charge on any atom is 0.320 e. The standard InChI is InChI=1S/C15H20FNO3/c1-11(15(18)19)17-8-4-6-13(9-17)20-10-12-5-2-3-7-14(12)16/h2-3,5,7,11,13H,4,6,8-10H2,1H3,(H,18,19)/t11-,13+/m1/s1. The first-order valence-corrected chi connectivity index (χ1v) is 6.90. The number of ether oxygens (including phenoxy) is 1. The summed E-state index contributed by atoms with van der Waals surface area (Å²) in [6, 6.07) is 6.04. The summed E-state index contributed by atoms with van der Waals surface area (Å²) in [4.78, 5) is 12.9. The normalized spacial score (nSPS) is 21.6. The smallest absolute Gasteiger partial charge is 0.320 e. The Morgan fingerprint density at radius 2 is 2.30 bits per heavy atom. The van der Waals surface area contributed by atoms with Crippen LogP contribution in [-0.2, 0) is 16.1 Å². The average Bonchev–Trinajstić information content (AvgIpc) is 2.46. The van der Waals surface area contributed by atoms with E-state index in [1.165, 1.54) is 6.07 Å². The van der Waals surface area contributed by atoms with E-state index in [-0.39, 0.29) is 18.5 Å². The van der Waals surface area contributed by atoms with Crippen molar-refractivity contribution in [2.75, 3.05) is 13.1 Å². The van der Waals surface area contributed by atoms with Gasteiger partial charge in [0.25, 0.3) is 0 Å². The van der Waals surface area contributed by atoms with E-state index in [0.29, 0.717) is 12.1 Å². The molecule has 1 aromatic rings. The molecule has 0 bridgehead atoms. The number of hydrogen-bond donors (Lipinski definition) is 1. The van der Waals surface area contributed by atoms with E-state index in [1.807, 2.05) is 4.90 Å². The number of nitrogens with zero attached hydrogens (tertiary/aromatic N) is 1. The van der Waals surface area contributed by atoms with Gasteiger partial charge in [-0.1, -0.05) is 18.2 Å². The molecule has 0 saturated carbocycles. The van der Waals surface area contributed by atoms with Crippen molar-refractivity contribution in [3.63, 3.8) is 0 Å². The molecule has 20 heavy (non-hydrogen) atoms. The molecule has 1 heterocycles. The first-order chi connectivity index (χ1) is 9.58. The molecule has 1 saturated heterocycles. The van der Waals surface area contributed by atoms with Gasteiger partial charge in [0.2, 0.25) is 0 Å². The minimum atomic E-state index is -0.820. The van der Waals surface area contributed by atoms with Gasteiger partial charge < -0.3 is 9.84 Å². The zero-order chi connectivity index (χ0) is 14.5. The number of carboxylic acids is 1. The fraction of sp³-hybridized carbons (Fsp3) is 0.533. The fourth-order valence-corrected chi connectivity index (χ4v) is 2.43. The summed E-state index contributed by atoms with van der Waals surface area (Å²) in [5.41, 5.74) is 0.538. The molecule has 2 rings (SSSR count). The molecule has 0 unspecified atom stereocenters. The van der Waals surface area contributed by atoms with Crippen molar-refractivity contribution in [1.82, 2.24) is 4.90 Å². The van der Waals surface area contributed by atoms with E-state index in [9.17, 15) is 9.18 Å². The highest BCUT2D eigenvalue weighted by Crippen LogP contribution is 2.18. The minimum absolute atomic E-state index is 0.0369. The van der Waals surface area contributed by atoms with E-state index in [1.54, 1.807) is 25.1 Å². The molecule has 0 aromatic heterocycles. The van der Waals surface area contributed by atoms with Crippen molar-refractivity contribution < 1.29 is 19.0 Å². The van der Waals surface area contributed by atoms with Crippen LogP contribution in [-0.4, -0.2) is 41.2 Å². The van der Waals surface area contributed by atoms with Crippen LogP contribution in [0.25, 0.3) is 0 Å². The van der Waals surface area contributed by atoms with Crippen molar-refractivity contribution in [3.8, 4) is 0 Å². The Morgan fingerprint density at radius 3 is 3.00 bits per heavy atom. The molecule has 4 nitrogen and oxygen atoms in total. The van der Waals surface area contributed by atoms with Crippen LogP contribution in [0.15, 0.2) is 24.3 Å². The second-order valence-electron chi connectivity index (χ2n) is 5.18. The average molecular weight is 281 g/mol. The third kappa shape index (κ3) is 3.77. The summed E-state index contributed by atoms with van der Waals surface area (Å²) < 4.78 is 19.2. The maximum atomic E-state index is 13.5. The summed E-state index contributed by atoms with van der Waals surface area (Å²) in [6.07, 6.45) is 1.75. The molecule has 110 valence electrons. The first kappa shape index (κ1) is 14.9. The predicted octanol–water partition coefficient (Wildman–Crippen LogP) is 2.28. The van der Waals surface area contributed by atoms with Crippen LogP contribution in [0.3, 0.4) is 0 Å². The summed E-state index contributed by atoms with van der Waals surface area (Å²) in [6.45, 7) is 3.27. The number of benzene rings is 1. The van der Waals surface area contributed by atoms with Gasteiger partial charge in [-0.05, 0) is 32.4 Å². The van der Waals surface area contributed by atoms with Crippen molar-refractivity contribution >= 4 is 5.97 Å². The number of carbonyl (C=O) groups is 1. The van der Waals surface area contributed by atoms with E-state index in [4.69, 9.17) is 9.84 Å². The first-order valence-electron chi connectivity index (χ1n) is 6.90. The lowest BCUT2D eigenvalue weighted by Gasteiger charge is -2.34. The van der Waals surface area contributed by atoms with Crippen LogP contribution in [0.4, 0.5) is 4.39 Å². The van der Waals surface area contributed by atoms with Gasteiger partial charge in [0.15, 0.2) is 0 Å². The Labute approximate surface area is 118 Å². The van der Waals surface area contributed by atoms with Gasteiger partial charge in [-0.2, -0.15) is 0 Å². The zero-order valence-electron chi connectivity index (χ0n) is 11.6. The Balaban J connectivity index is 1.87. The van der Waals surface area contributed by atoms with Crippen molar-refractivity contribution in [2.45, 2.75) is 38.5 Å². The summed E-state index contributed by atoms with van der Waals surface area (Å²) in [5.74, 6) is -1.08. The number of halogens is 1. The van der Waals surface area contributed by atoms with Gasteiger partial charge in [-0.3, -0.25) is 9.69 Å². The summed E-state index contributed by atoms with van der Waals surface area (Å²) >= 11 is 0. The van der Waals surface area contributed by atoms with Gasteiger partial charge in [0.05, 0.1) is 12.7 Å². The maximum absolute atomic E-state index is 13.5. The lowest BCUT2D eigenvalue weighted by atomic mass is 10.1. The quantitative estimate of drug-likeness (QED) is 0.899. The molecule has 0 amide bonds. The predicted molar refractivity (Wildman–Crippen MR) is 72.9 cm³/mol. The largest absolute Gasteiger partial charge is 0.480 e. The molecular formula is C15H20FNO3. The van der Waals surface area contributed by atoms with Gasteiger partial charge >= 0.3 is 5.97 Å². The number of aliphatic carboxylic acids is 1. The zero-order valence-corrected chi connectivity index (χ0v) is 11.6. The molecule has 2 atom stereocenters. The highest BCUT2D eigenvalue weighted by Gasteiger charge is 2.27. The van der Waals surface area contributed by atoms with E-state index in [0.717, 1.165) is 19.4 Å². The summed E-state index contributed by atoms with van der Waals surface area (Å²) in [5, 5.41) is 9.03. The Morgan fingerprint density at radius 1 is 1.55 bits per heavy atom. The molecular weight excluding hydrogens is 261 g/mol. The minimum Gasteiger partial charge on any atom is -0.480 e. The lowest BCUT2D eigenvalue weighted by molar-refractivity contribution is -0.144. The molecule has 0 spiro atoms. The van der Waals surface area contributed by atoms with E-state index < -0.39 is 12.0 Å². The molecule has 1 fully saturated rings. The molecule has 1 aliphatic heterocycles. The molecule has 1 N–H and O–H groups in total. The molecule has 1 aromatic carbocycles. The summed E-state index contributed by atoms with van der Waals surface area (Å²) in [7, 11) is 0. The second-order valence-corrected chi connectivity index (χ2v) is 5.18. The Hall–Kier alpha value is -1.46. The fourth-order valence-electron chi connectivity index (χ4n) is 2.43. The number of likely N-dealkylation sites (tertiary alicyclic amines) is 1. The number of carboxylic acid groups (broad SMARTS) is 1. The molecule has 5 heteroatoms. The highest BCUT2D eigenvalue weighted by molar-refractivity contribution is 5.72. The van der Waals surface area contributed by atoms with Crippen LogP contribution in [0.2, 0.25) is 0 Å². The molecule has 1 aliphatic rings. The number of rotatable bonds is 5. The van der Waals surface area contributed by atoms with E-state index >= 15 is 0 Å². The highest BCUT2D eigenvalue weighted by atomic mass is 19.1. The Kier molecular flexibility index (Phi) is 5.09. The Bertz CT molecular complexity index is 466. The van der Waals surface area contributed by atoms with Crippen molar-refractivity contribution in [1.29, 1.82) is 0 Å². The number of hydrogen-bond acceptors (Lipinski definition) is 3. The third-order valence-corrected chi connectivity index (χ3v) is 3.75. The SMILES string of the molecule is C[C@H](C(=O)O)N1CCC[C@H](OCc2ccccc2F)C1. The van der Waals surface area contributed by atoms with Crippen LogP contribution in [0.1, 0.15) is 25.3 Å². The van der Waals surface area contributed by atoms with Crippen molar-refractivity contribution in [3.05, 3.63) is 35.6 Å². The molecule has 0 radical (unpaired) electrons. The van der Waals surface area contributed by atoms with Gasteiger partial charge in [-0.15, -0.1) is 0 Å². The number of piperidine rings is 1. The van der Waals surface area contributed by atoms with Crippen LogP contribution < -0.4 is 0 Å². The monoisotopic (exact) mass is 281 g/mol. The van der Waals surface area contributed by atoms with Crippen LogP contribution in [0, 0.1) is 5.82 Å². The topological polar surface area (TPSA) is 49.8 Å². The van der Waals surface area contributed by atoms with Gasteiger partial charge in [-0.25, -0.2) is 4.39 Å². The molecule has 0 aliphatic carbocycles. The van der Waals surface area contributed by atoms with E-state index in [2.05, 4.69) is 0 Å². The van der Waals surface area contributed by atoms with Crippen molar-refractivity contribution in [2.24, 2.45) is 0 Å². The second kappa shape index (κ2) is 6.81. The van der Waals surface area contributed by atoms with Crippen LogP contribution in [0.5, 0.6) is 0 Å². The van der Waals surface area contributed by atoms with Gasteiger partial charge in [0.1, 0.15) is 11.9 Å². The van der Waals surface area contributed by atoms with Gasteiger partial charge in [0, 0.05) is 12.1 Å².